The molecule has 1 heterocycles. The van der Waals surface area contributed by atoms with E-state index in [4.69, 9.17) is 14.7 Å². The minimum absolute atomic E-state index is 0. The van der Waals surface area contributed by atoms with Crippen LogP contribution in [0.5, 0.6) is 0 Å². The van der Waals surface area contributed by atoms with E-state index in [0.29, 0.717) is 0 Å². The summed E-state index contributed by atoms with van der Waals surface area (Å²) in [5, 5.41) is 0. The molecule has 0 spiro atoms. The first-order chi connectivity index (χ1) is 2.47. The fraction of sp³-hybridized carbons (Fsp3) is 0. The molecule has 0 saturated carbocycles. The SMILES string of the molecule is OP1(O)(O)OO1.[Ca+2].[Ca+2].[Ca+2].[Ca+2].[H-].[H-].[H-].[H-].[H-].[H-].[H-].[H-]. The molecule has 1 saturated heterocycles. The van der Waals surface area contributed by atoms with E-state index in [1.807, 2.05) is 0 Å². The molecular formula is H11Ca4O5P. The third kappa shape index (κ3) is 13.3. The molecule has 0 bridgehead atoms. The molecule has 0 aromatic carbocycles. The molecule has 0 unspecified atom stereocenters. The van der Waals surface area contributed by atoms with E-state index in [-0.39, 0.29) is 162 Å². The van der Waals surface area contributed by atoms with Gasteiger partial charge < -0.3 is 11.4 Å². The number of hydrogen-bond donors (Lipinski definition) is 3. The van der Waals surface area contributed by atoms with E-state index in [0.717, 1.165) is 0 Å². The van der Waals surface area contributed by atoms with Crippen molar-refractivity contribution in [3.63, 3.8) is 0 Å². The maximum Gasteiger partial charge on any atom is 2.00 e. The molecule has 5 nitrogen and oxygen atoms in total. The Morgan fingerprint density at radius 1 is 0.800 bits per heavy atom. The number of rotatable bonds is 0. The van der Waals surface area contributed by atoms with Gasteiger partial charge in [0.25, 0.3) is 0 Å². The smallest absolute Gasteiger partial charge is 1.00 e. The van der Waals surface area contributed by atoms with Gasteiger partial charge in [0.15, 0.2) is 0 Å². The Kier molecular flexibility index (Phi) is 20.6. The van der Waals surface area contributed by atoms with E-state index < -0.39 is 7.74 Å². The van der Waals surface area contributed by atoms with Gasteiger partial charge in [-0.2, -0.15) is 0 Å². The van der Waals surface area contributed by atoms with E-state index >= 15 is 0 Å². The van der Waals surface area contributed by atoms with E-state index in [9.17, 15) is 0 Å². The average Bonchev–Trinajstić information content (AvgIpc) is 1.73. The first-order valence-electron chi connectivity index (χ1n) is 1.13. The predicted molar refractivity (Wildman–Crippen MR) is 47.7 cm³/mol. The second kappa shape index (κ2) is 8.42. The molecule has 0 radical (unpaired) electrons. The summed E-state index contributed by atoms with van der Waals surface area (Å²) in [6.07, 6.45) is 0. The van der Waals surface area contributed by atoms with E-state index in [2.05, 4.69) is 9.35 Å². The zero-order valence-electron chi connectivity index (χ0n) is 13.4. The first kappa shape index (κ1) is 24.5. The third-order valence-electron chi connectivity index (χ3n) is 0.275. The van der Waals surface area contributed by atoms with Gasteiger partial charge in [-0.05, 0) is 0 Å². The van der Waals surface area contributed by atoms with Crippen LogP contribution in [-0.4, -0.2) is 166 Å². The molecule has 0 aromatic rings. The van der Waals surface area contributed by atoms with Gasteiger partial charge in [-0.15, -0.1) is 0 Å². The van der Waals surface area contributed by atoms with Gasteiger partial charge in [-0.3, -0.25) is 0 Å². The van der Waals surface area contributed by atoms with Crippen LogP contribution < -0.4 is 0 Å². The van der Waals surface area contributed by atoms with Gasteiger partial charge in [0, 0.05) is 0 Å². The van der Waals surface area contributed by atoms with E-state index in [1.54, 1.807) is 0 Å². The summed E-state index contributed by atoms with van der Waals surface area (Å²) in [4.78, 5) is 23.7. The summed E-state index contributed by atoms with van der Waals surface area (Å²) in [7, 11) is -4.80. The Balaban J connectivity index is -0.00000000300. The largest absolute Gasteiger partial charge is 2.00 e. The van der Waals surface area contributed by atoms with Crippen LogP contribution in [0.1, 0.15) is 11.4 Å². The Morgan fingerprint density at radius 2 is 0.900 bits per heavy atom. The number of hydrogen-bond acceptors (Lipinski definition) is 5. The van der Waals surface area contributed by atoms with Crippen LogP contribution in [0.2, 0.25) is 0 Å². The summed E-state index contributed by atoms with van der Waals surface area (Å²) in [6.45, 7) is 0. The maximum absolute atomic E-state index is 7.89. The Hall–Kier alpha value is 5.27. The van der Waals surface area contributed by atoms with Crippen LogP contribution in [0, 0.1) is 0 Å². The predicted octanol–water partition coefficient (Wildman–Crippen LogP) is -1.57. The minimum atomic E-state index is -4.80. The summed E-state index contributed by atoms with van der Waals surface area (Å²) >= 11 is 0. The fourth-order valence-electron chi connectivity index (χ4n) is 0.0447. The molecule has 0 amide bonds. The second-order valence-electron chi connectivity index (χ2n) is 0.982. The third-order valence-corrected chi connectivity index (χ3v) is 0.824. The first-order valence-corrected chi connectivity index (χ1v) is 3.06. The van der Waals surface area contributed by atoms with Gasteiger partial charge in [0.05, 0.1) is 0 Å². The minimum Gasteiger partial charge on any atom is -1.00 e. The van der Waals surface area contributed by atoms with Crippen LogP contribution >= 0.6 is 7.74 Å². The molecule has 1 aliphatic rings. The monoisotopic (exact) mass is 282 g/mol. The van der Waals surface area contributed by atoms with Crippen molar-refractivity contribution in [2.45, 2.75) is 0 Å². The van der Waals surface area contributed by atoms with Gasteiger partial charge in [0.1, 0.15) is 0 Å². The van der Waals surface area contributed by atoms with Gasteiger partial charge in [-0.25, -0.2) is 0 Å². The average molecular weight is 282 g/mol. The molecule has 0 aliphatic carbocycles. The molecule has 1 rings (SSSR count). The van der Waals surface area contributed by atoms with Crippen LogP contribution in [0.4, 0.5) is 0 Å². The van der Waals surface area contributed by atoms with Crippen molar-refractivity contribution in [1.82, 2.24) is 0 Å². The molecule has 10 heteroatoms. The van der Waals surface area contributed by atoms with Crippen molar-refractivity contribution in [3.8, 4) is 0 Å². The molecule has 3 N–H and O–H groups in total. The molecule has 0 atom stereocenters. The van der Waals surface area contributed by atoms with Crippen molar-refractivity contribution >= 4 is 159 Å². The molecule has 10 heavy (non-hydrogen) atoms. The van der Waals surface area contributed by atoms with Crippen LogP contribution in [0.3, 0.4) is 0 Å². The Morgan fingerprint density at radius 3 is 0.900 bits per heavy atom. The van der Waals surface area contributed by atoms with Gasteiger partial charge in [0.2, 0.25) is 0 Å². The molecule has 1 fully saturated rings. The zero-order valence-corrected chi connectivity index (χ0v) is 15.2. The van der Waals surface area contributed by atoms with Gasteiger partial charge >= 0.3 is 183 Å². The summed E-state index contributed by atoms with van der Waals surface area (Å²) in [6, 6.07) is 0. The Labute approximate surface area is 189 Å². The molecule has 1 aliphatic heterocycles. The molecular weight excluding hydrogens is 271 g/mol. The molecule has 0 aromatic heterocycles. The second-order valence-corrected chi connectivity index (χ2v) is 2.95. The van der Waals surface area contributed by atoms with Crippen molar-refractivity contribution < 1.29 is 35.4 Å². The van der Waals surface area contributed by atoms with E-state index in [1.165, 1.54) is 0 Å². The van der Waals surface area contributed by atoms with Crippen LogP contribution in [-0.2, 0) is 9.35 Å². The van der Waals surface area contributed by atoms with Crippen LogP contribution in [0.15, 0.2) is 0 Å². The van der Waals surface area contributed by atoms with Crippen molar-refractivity contribution in [3.05, 3.63) is 0 Å². The summed E-state index contributed by atoms with van der Waals surface area (Å²) in [5.41, 5.74) is 0. The summed E-state index contributed by atoms with van der Waals surface area (Å²) < 4.78 is 6.76. The van der Waals surface area contributed by atoms with Crippen LogP contribution in [0.25, 0.3) is 0 Å². The topological polar surface area (TPSA) is 85.8 Å². The van der Waals surface area contributed by atoms with Crippen molar-refractivity contribution in [2.75, 3.05) is 0 Å². The standard InChI is InChI=1S/4Ca.H3O5P.8H/c;;;;1-6(2,3)4-5-6;;;;;;;;/h;;;;1-3H;;;;;;;;/q4*+2;;8*-1. The van der Waals surface area contributed by atoms with Crippen molar-refractivity contribution in [1.29, 1.82) is 0 Å². The maximum atomic E-state index is 7.89. The van der Waals surface area contributed by atoms with Gasteiger partial charge in [-0.1, -0.05) is 0 Å². The summed E-state index contributed by atoms with van der Waals surface area (Å²) in [5.74, 6) is 0. The fourth-order valence-corrected chi connectivity index (χ4v) is 0.402. The van der Waals surface area contributed by atoms with Crippen molar-refractivity contribution in [2.24, 2.45) is 0 Å². The zero-order chi connectivity index (χ0) is 4.86. The normalized spacial score (nSPS) is 25.7. The molecule has 54 valence electrons. The Bertz CT molecular complexity index is 95.2. The quantitative estimate of drug-likeness (QED) is 0.216.